The maximum absolute atomic E-state index is 12.9. The van der Waals surface area contributed by atoms with Gasteiger partial charge in [0.25, 0.3) is 11.1 Å². The molecule has 3 heterocycles. The molecule has 3 fully saturated rings. The second kappa shape index (κ2) is 10.6. The maximum Gasteiger partial charge on any atom is 0.294 e. The van der Waals surface area contributed by atoms with Crippen molar-refractivity contribution in [3.63, 3.8) is 0 Å². The summed E-state index contributed by atoms with van der Waals surface area (Å²) in [5.41, 5.74) is 3.20. The van der Waals surface area contributed by atoms with Crippen LogP contribution in [-0.4, -0.2) is 72.7 Å². The Kier molecular flexibility index (Phi) is 7.08. The van der Waals surface area contributed by atoms with Crippen molar-refractivity contribution in [3.8, 4) is 0 Å². The van der Waals surface area contributed by atoms with Gasteiger partial charge in [-0.2, -0.15) is 0 Å². The fourth-order valence-electron chi connectivity index (χ4n) is 4.81. The van der Waals surface area contributed by atoms with Crippen molar-refractivity contribution in [2.45, 2.75) is 19.3 Å². The fraction of sp³-hybridized carbons (Fsp3) is 0.370. The Hall–Kier alpha value is -3.26. The Morgan fingerprint density at radius 1 is 0.771 bits per heavy atom. The third-order valence-electron chi connectivity index (χ3n) is 6.83. The molecule has 0 atom stereocenters. The van der Waals surface area contributed by atoms with Crippen LogP contribution >= 0.6 is 11.8 Å². The Labute approximate surface area is 210 Å². The van der Waals surface area contributed by atoms with E-state index in [-0.39, 0.29) is 17.7 Å². The average Bonchev–Trinajstić information content (AvgIpc) is 3.17. The van der Waals surface area contributed by atoms with Gasteiger partial charge in [-0.25, -0.2) is 0 Å². The van der Waals surface area contributed by atoms with Gasteiger partial charge in [-0.3, -0.25) is 19.3 Å². The first kappa shape index (κ1) is 23.5. The molecule has 0 saturated carbocycles. The van der Waals surface area contributed by atoms with Crippen LogP contribution in [0.2, 0.25) is 0 Å². The summed E-state index contributed by atoms with van der Waals surface area (Å²) in [5.74, 6) is -0.580. The zero-order chi connectivity index (χ0) is 24.2. The van der Waals surface area contributed by atoms with Crippen molar-refractivity contribution in [3.05, 3.63) is 65.1 Å². The van der Waals surface area contributed by atoms with E-state index in [1.54, 1.807) is 11.0 Å². The van der Waals surface area contributed by atoms with Crippen molar-refractivity contribution in [2.75, 3.05) is 55.6 Å². The minimum Gasteiger partial charge on any atom is -0.372 e. The lowest BCUT2D eigenvalue weighted by Crippen LogP contribution is -2.51. The number of hydrogen-bond acceptors (Lipinski definition) is 6. The average molecular weight is 491 g/mol. The quantitative estimate of drug-likeness (QED) is 0.589. The van der Waals surface area contributed by atoms with Crippen LogP contribution in [0.15, 0.2) is 59.5 Å². The van der Waals surface area contributed by atoms with Gasteiger partial charge < -0.3 is 14.7 Å². The summed E-state index contributed by atoms with van der Waals surface area (Å²) in [7, 11) is 0. The highest BCUT2D eigenvalue weighted by Gasteiger charge is 2.37. The molecule has 2 aromatic rings. The van der Waals surface area contributed by atoms with Gasteiger partial charge in [0.2, 0.25) is 5.91 Å². The summed E-state index contributed by atoms with van der Waals surface area (Å²) >= 11 is 0.904. The Balaban J connectivity index is 1.17. The van der Waals surface area contributed by atoms with Gasteiger partial charge in [0.15, 0.2) is 0 Å². The van der Waals surface area contributed by atoms with Crippen LogP contribution in [0.4, 0.5) is 16.2 Å². The lowest BCUT2D eigenvalue weighted by Gasteiger charge is -2.36. The first-order valence-electron chi connectivity index (χ1n) is 12.3. The van der Waals surface area contributed by atoms with Crippen LogP contribution in [0.5, 0.6) is 0 Å². The lowest BCUT2D eigenvalue weighted by molar-refractivity contribution is -0.136. The van der Waals surface area contributed by atoms with Crippen molar-refractivity contribution >= 4 is 46.3 Å². The second-order valence-corrected chi connectivity index (χ2v) is 10.1. The van der Waals surface area contributed by atoms with Gasteiger partial charge >= 0.3 is 0 Å². The largest absolute Gasteiger partial charge is 0.372 e. The van der Waals surface area contributed by atoms with Crippen LogP contribution in [0.1, 0.15) is 24.8 Å². The fourth-order valence-corrected chi connectivity index (χ4v) is 5.65. The molecule has 182 valence electrons. The van der Waals surface area contributed by atoms with E-state index in [0.29, 0.717) is 18.0 Å². The highest BCUT2D eigenvalue weighted by Crippen LogP contribution is 2.32. The molecule has 35 heavy (non-hydrogen) atoms. The van der Waals surface area contributed by atoms with E-state index in [1.807, 2.05) is 30.3 Å². The highest BCUT2D eigenvalue weighted by atomic mass is 32.2. The van der Waals surface area contributed by atoms with Gasteiger partial charge in [0, 0.05) is 50.6 Å². The zero-order valence-corrected chi connectivity index (χ0v) is 20.6. The number of piperazine rings is 1. The first-order chi connectivity index (χ1) is 17.1. The highest BCUT2D eigenvalue weighted by molar-refractivity contribution is 8.18. The van der Waals surface area contributed by atoms with Gasteiger partial charge in [-0.1, -0.05) is 30.3 Å². The van der Waals surface area contributed by atoms with Crippen molar-refractivity contribution in [1.82, 2.24) is 9.80 Å². The predicted molar refractivity (Wildman–Crippen MR) is 140 cm³/mol. The summed E-state index contributed by atoms with van der Waals surface area (Å²) in [6.45, 7) is 4.55. The van der Waals surface area contributed by atoms with E-state index < -0.39 is 5.91 Å². The number of nitrogens with zero attached hydrogens (tertiary/aromatic N) is 4. The SMILES string of the molecule is O=C(CN1C(=O)SC(=Cc2ccc(N3CCCCC3)cc2)C1=O)N1CCN(c2ccccc2)CC1. The van der Waals surface area contributed by atoms with Crippen molar-refractivity contribution in [2.24, 2.45) is 0 Å². The molecule has 7 nitrogen and oxygen atoms in total. The van der Waals surface area contributed by atoms with Crippen LogP contribution < -0.4 is 9.80 Å². The first-order valence-corrected chi connectivity index (χ1v) is 13.1. The Morgan fingerprint density at radius 2 is 1.40 bits per heavy atom. The summed E-state index contributed by atoms with van der Waals surface area (Å²) in [4.78, 5) is 46.1. The monoisotopic (exact) mass is 490 g/mol. The number of rotatable bonds is 5. The topological polar surface area (TPSA) is 64.2 Å². The molecule has 0 aromatic heterocycles. The number of benzene rings is 2. The number of amides is 3. The van der Waals surface area contributed by atoms with Crippen LogP contribution in [0.3, 0.4) is 0 Å². The van der Waals surface area contributed by atoms with Gasteiger partial charge in [-0.05, 0) is 66.9 Å². The molecular formula is C27H30N4O3S. The number of carbonyl (C=O) groups is 3. The van der Waals surface area contributed by atoms with Crippen LogP contribution in [0.25, 0.3) is 6.08 Å². The number of anilines is 2. The van der Waals surface area contributed by atoms with E-state index in [4.69, 9.17) is 0 Å². The van der Waals surface area contributed by atoms with E-state index in [0.717, 1.165) is 54.1 Å². The predicted octanol–water partition coefficient (Wildman–Crippen LogP) is 4.06. The molecule has 0 N–H and O–H groups in total. The Bertz CT molecular complexity index is 1110. The molecule has 0 spiro atoms. The van der Waals surface area contributed by atoms with E-state index in [1.165, 1.54) is 24.9 Å². The molecule has 8 heteroatoms. The van der Waals surface area contributed by atoms with Gasteiger partial charge in [-0.15, -0.1) is 0 Å². The summed E-state index contributed by atoms with van der Waals surface area (Å²) in [5, 5.41) is -0.387. The molecule has 3 saturated heterocycles. The van der Waals surface area contributed by atoms with E-state index in [2.05, 4.69) is 34.1 Å². The molecule has 0 unspecified atom stereocenters. The normalized spacial score (nSPS) is 20.2. The minimum absolute atomic E-state index is 0.188. The second-order valence-electron chi connectivity index (χ2n) is 9.11. The number of carbonyl (C=O) groups excluding carboxylic acids is 3. The molecule has 3 amide bonds. The molecule has 0 bridgehead atoms. The van der Waals surface area contributed by atoms with Crippen LogP contribution in [-0.2, 0) is 9.59 Å². The van der Waals surface area contributed by atoms with E-state index >= 15 is 0 Å². The number of para-hydroxylation sites is 1. The standard InChI is InChI=1S/C27H30N4O3S/c32-25(30-17-15-29(16-18-30)22-7-3-1-4-8-22)20-31-26(33)24(35-27(31)34)19-21-9-11-23(12-10-21)28-13-5-2-6-14-28/h1,3-4,7-12,19H,2,5-6,13-18,20H2. The number of imide groups is 1. The molecule has 3 aliphatic heterocycles. The number of piperidine rings is 1. The summed E-state index contributed by atoms with van der Waals surface area (Å²) in [6, 6.07) is 18.2. The van der Waals surface area contributed by atoms with E-state index in [9.17, 15) is 14.4 Å². The van der Waals surface area contributed by atoms with Gasteiger partial charge in [0.1, 0.15) is 6.54 Å². The molecule has 3 aliphatic rings. The minimum atomic E-state index is -0.392. The smallest absolute Gasteiger partial charge is 0.294 e. The molecule has 2 aromatic carbocycles. The zero-order valence-electron chi connectivity index (χ0n) is 19.8. The molecule has 0 radical (unpaired) electrons. The number of thioether (sulfide) groups is 1. The van der Waals surface area contributed by atoms with Crippen molar-refractivity contribution in [1.29, 1.82) is 0 Å². The van der Waals surface area contributed by atoms with Crippen LogP contribution in [0, 0.1) is 0 Å². The Morgan fingerprint density at radius 3 is 2.09 bits per heavy atom. The molecule has 0 aliphatic carbocycles. The van der Waals surface area contributed by atoms with Crippen molar-refractivity contribution < 1.29 is 14.4 Å². The summed E-state index contributed by atoms with van der Waals surface area (Å²) < 4.78 is 0. The van der Waals surface area contributed by atoms with Gasteiger partial charge in [0.05, 0.1) is 4.91 Å². The molecule has 5 rings (SSSR count). The molecular weight excluding hydrogens is 460 g/mol. The lowest BCUT2D eigenvalue weighted by atomic mass is 10.1. The maximum atomic E-state index is 12.9. The third-order valence-corrected chi connectivity index (χ3v) is 7.74. The number of hydrogen-bond donors (Lipinski definition) is 0. The summed E-state index contributed by atoms with van der Waals surface area (Å²) in [6.07, 6.45) is 5.47. The third kappa shape index (κ3) is 5.37.